The number of rotatable bonds is 10. The van der Waals surface area contributed by atoms with Crippen molar-refractivity contribution in [3.05, 3.63) is 65.7 Å². The lowest BCUT2D eigenvalue weighted by Gasteiger charge is -2.20. The van der Waals surface area contributed by atoms with E-state index in [0.717, 1.165) is 31.2 Å². The first-order chi connectivity index (χ1) is 15.5. The number of benzene rings is 2. The molecule has 1 saturated heterocycles. The van der Waals surface area contributed by atoms with Gasteiger partial charge in [0, 0.05) is 38.0 Å². The first-order valence-electron chi connectivity index (χ1n) is 11.4. The molecule has 0 radical (unpaired) electrons. The van der Waals surface area contributed by atoms with E-state index in [1.807, 2.05) is 30.3 Å². The monoisotopic (exact) mass is 456 g/mol. The molecule has 0 aliphatic carbocycles. The fourth-order valence-corrected chi connectivity index (χ4v) is 5.39. The Morgan fingerprint density at radius 1 is 0.844 bits per heavy atom. The minimum absolute atomic E-state index is 0.0496. The van der Waals surface area contributed by atoms with Crippen LogP contribution in [0.2, 0.25) is 0 Å². The van der Waals surface area contributed by atoms with Gasteiger partial charge in [-0.15, -0.1) is 0 Å². The molecule has 1 N–H and O–H groups in total. The van der Waals surface area contributed by atoms with E-state index in [1.165, 1.54) is 0 Å². The Hall–Kier alpha value is -2.51. The summed E-state index contributed by atoms with van der Waals surface area (Å²) in [5.41, 5.74) is 1.65. The van der Waals surface area contributed by atoms with E-state index >= 15 is 0 Å². The largest absolute Gasteiger partial charge is 0.356 e. The van der Waals surface area contributed by atoms with Crippen LogP contribution < -0.4 is 5.32 Å². The van der Waals surface area contributed by atoms with E-state index in [0.29, 0.717) is 55.8 Å². The van der Waals surface area contributed by atoms with Gasteiger partial charge in [0.25, 0.3) is 0 Å². The highest BCUT2D eigenvalue weighted by molar-refractivity contribution is 7.89. The first-order valence-corrected chi connectivity index (χ1v) is 12.8. The highest BCUT2D eigenvalue weighted by Gasteiger charge is 2.24. The van der Waals surface area contributed by atoms with E-state index in [1.54, 1.807) is 28.6 Å². The molecule has 1 amide bonds. The Labute approximate surface area is 191 Å². The molecule has 172 valence electrons. The molecule has 1 aliphatic heterocycles. The normalized spacial score (nSPS) is 15.1. The fraction of sp³-hybridized carbons (Fsp3) is 0.440. The first kappa shape index (κ1) is 24.1. The van der Waals surface area contributed by atoms with Crippen LogP contribution in [0.5, 0.6) is 0 Å². The predicted molar refractivity (Wildman–Crippen MR) is 125 cm³/mol. The highest BCUT2D eigenvalue weighted by atomic mass is 32.2. The van der Waals surface area contributed by atoms with E-state index in [9.17, 15) is 18.0 Å². The second kappa shape index (κ2) is 11.9. The lowest BCUT2D eigenvalue weighted by Crippen LogP contribution is -2.31. The number of carbonyl (C=O) groups excluding carboxylic acids is 2. The van der Waals surface area contributed by atoms with E-state index < -0.39 is 10.0 Å². The second-order valence-electron chi connectivity index (χ2n) is 8.20. The molecule has 1 heterocycles. The molecule has 1 aliphatic rings. The summed E-state index contributed by atoms with van der Waals surface area (Å²) in [5, 5.41) is 2.87. The quantitative estimate of drug-likeness (QED) is 0.549. The van der Waals surface area contributed by atoms with E-state index in [2.05, 4.69) is 5.32 Å². The number of Topliss-reactive ketones (excluding diaryl/α,β-unsaturated/α-hetero) is 1. The van der Waals surface area contributed by atoms with Crippen LogP contribution in [-0.4, -0.2) is 44.0 Å². The molecular formula is C25H32N2O4S. The molecule has 32 heavy (non-hydrogen) atoms. The van der Waals surface area contributed by atoms with Crippen molar-refractivity contribution in [3.63, 3.8) is 0 Å². The Morgan fingerprint density at radius 2 is 1.50 bits per heavy atom. The van der Waals surface area contributed by atoms with Gasteiger partial charge in [0.05, 0.1) is 4.90 Å². The van der Waals surface area contributed by atoms with Gasteiger partial charge in [-0.25, -0.2) is 8.42 Å². The third kappa shape index (κ3) is 7.00. The number of hydrogen-bond donors (Lipinski definition) is 1. The van der Waals surface area contributed by atoms with Crippen molar-refractivity contribution >= 4 is 21.7 Å². The molecule has 2 aromatic rings. The SMILES string of the molecule is O=C(CCCC(=O)c1ccccc1)NCCc1ccc(S(=O)(=O)N2CCCCCC2)cc1. The van der Waals surface area contributed by atoms with Gasteiger partial charge >= 0.3 is 0 Å². The zero-order valence-corrected chi connectivity index (χ0v) is 19.3. The molecule has 0 bridgehead atoms. The molecule has 6 nitrogen and oxygen atoms in total. The van der Waals surface area contributed by atoms with Gasteiger partial charge in [0.15, 0.2) is 5.78 Å². The topological polar surface area (TPSA) is 83.5 Å². The summed E-state index contributed by atoms with van der Waals surface area (Å²) >= 11 is 0. The summed E-state index contributed by atoms with van der Waals surface area (Å²) in [6.07, 6.45) is 5.80. The molecule has 1 fully saturated rings. The van der Waals surface area contributed by atoms with Crippen LogP contribution in [0.1, 0.15) is 60.9 Å². The van der Waals surface area contributed by atoms with E-state index in [4.69, 9.17) is 0 Å². The van der Waals surface area contributed by atoms with Gasteiger partial charge in [-0.2, -0.15) is 4.31 Å². The van der Waals surface area contributed by atoms with E-state index in [-0.39, 0.29) is 11.7 Å². The summed E-state index contributed by atoms with van der Waals surface area (Å²) in [7, 11) is -3.44. The second-order valence-corrected chi connectivity index (χ2v) is 10.1. The molecule has 2 aromatic carbocycles. The molecular weight excluding hydrogens is 424 g/mol. The van der Waals surface area contributed by atoms with Gasteiger partial charge in [-0.05, 0) is 43.4 Å². The van der Waals surface area contributed by atoms with Gasteiger partial charge in [0.2, 0.25) is 15.9 Å². The zero-order chi connectivity index (χ0) is 22.8. The number of nitrogens with zero attached hydrogens (tertiary/aromatic N) is 1. The Morgan fingerprint density at radius 3 is 2.16 bits per heavy atom. The molecule has 0 unspecified atom stereocenters. The van der Waals surface area contributed by atoms with Crippen molar-refractivity contribution in [2.24, 2.45) is 0 Å². The van der Waals surface area contributed by atoms with Crippen LogP contribution in [0.15, 0.2) is 59.5 Å². The van der Waals surface area contributed by atoms with Crippen LogP contribution in [0.4, 0.5) is 0 Å². The van der Waals surface area contributed by atoms with Crippen molar-refractivity contribution in [2.45, 2.75) is 56.3 Å². The standard InChI is InChI=1S/C25H32N2O4S/c28-24(22-9-4-3-5-10-22)11-8-12-25(29)26-18-17-21-13-15-23(16-14-21)32(30,31)27-19-6-1-2-7-20-27/h3-5,9-10,13-16H,1-2,6-8,11-12,17-20H2,(H,26,29). The average Bonchev–Trinajstić information content (AvgIpc) is 3.10. The molecule has 0 aromatic heterocycles. The van der Waals surface area contributed by atoms with Crippen molar-refractivity contribution in [2.75, 3.05) is 19.6 Å². The number of sulfonamides is 1. The third-order valence-electron chi connectivity index (χ3n) is 5.77. The molecule has 7 heteroatoms. The van der Waals surface area contributed by atoms with Crippen molar-refractivity contribution in [1.29, 1.82) is 0 Å². The van der Waals surface area contributed by atoms with Gasteiger partial charge in [-0.3, -0.25) is 9.59 Å². The highest BCUT2D eigenvalue weighted by Crippen LogP contribution is 2.20. The molecule has 0 atom stereocenters. The van der Waals surface area contributed by atoms with Crippen molar-refractivity contribution in [1.82, 2.24) is 9.62 Å². The maximum absolute atomic E-state index is 12.8. The van der Waals surface area contributed by atoms with Gasteiger partial charge in [0.1, 0.15) is 0 Å². The number of amides is 1. The lowest BCUT2D eigenvalue weighted by atomic mass is 10.1. The summed E-state index contributed by atoms with van der Waals surface area (Å²) in [4.78, 5) is 24.4. The number of hydrogen-bond acceptors (Lipinski definition) is 4. The van der Waals surface area contributed by atoms with Crippen LogP contribution in [-0.2, 0) is 21.2 Å². The van der Waals surface area contributed by atoms with Crippen molar-refractivity contribution in [3.8, 4) is 0 Å². The molecule has 3 rings (SSSR count). The average molecular weight is 457 g/mol. The summed E-state index contributed by atoms with van der Waals surface area (Å²) < 4.78 is 27.3. The lowest BCUT2D eigenvalue weighted by molar-refractivity contribution is -0.121. The zero-order valence-electron chi connectivity index (χ0n) is 18.5. The van der Waals surface area contributed by atoms with Crippen LogP contribution in [0.3, 0.4) is 0 Å². The Bertz CT molecular complexity index is 980. The third-order valence-corrected chi connectivity index (χ3v) is 7.68. The summed E-state index contributed by atoms with van der Waals surface area (Å²) in [6.45, 7) is 1.66. The van der Waals surface area contributed by atoms with Crippen LogP contribution in [0.25, 0.3) is 0 Å². The van der Waals surface area contributed by atoms with Crippen LogP contribution in [0, 0.1) is 0 Å². The van der Waals surface area contributed by atoms with Gasteiger partial charge in [-0.1, -0.05) is 55.3 Å². The Kier molecular flexibility index (Phi) is 9.00. The molecule has 0 spiro atoms. The summed E-state index contributed by atoms with van der Waals surface area (Å²) in [6, 6.07) is 16.0. The smallest absolute Gasteiger partial charge is 0.243 e. The van der Waals surface area contributed by atoms with Crippen molar-refractivity contribution < 1.29 is 18.0 Å². The minimum Gasteiger partial charge on any atom is -0.356 e. The number of carbonyl (C=O) groups is 2. The maximum Gasteiger partial charge on any atom is 0.243 e. The Balaban J connectivity index is 1.39. The number of nitrogens with one attached hydrogen (secondary N) is 1. The minimum atomic E-state index is -3.44. The number of ketones is 1. The predicted octanol–water partition coefficient (Wildman–Crippen LogP) is 3.96. The van der Waals surface area contributed by atoms with Crippen LogP contribution >= 0.6 is 0 Å². The fourth-order valence-electron chi connectivity index (χ4n) is 3.87. The van der Waals surface area contributed by atoms with Gasteiger partial charge < -0.3 is 5.32 Å². The maximum atomic E-state index is 12.8. The summed E-state index contributed by atoms with van der Waals surface area (Å²) in [5.74, 6) is -0.0279. The molecule has 0 saturated carbocycles.